The number of pyridine rings is 1. The van der Waals surface area contributed by atoms with Gasteiger partial charge in [0.1, 0.15) is 11.7 Å². The summed E-state index contributed by atoms with van der Waals surface area (Å²) in [6.07, 6.45) is 5.43. The van der Waals surface area contributed by atoms with Crippen molar-refractivity contribution < 1.29 is 4.79 Å². The van der Waals surface area contributed by atoms with E-state index in [1.807, 2.05) is 41.8 Å². The zero-order valence-corrected chi connectivity index (χ0v) is 18.4. The number of amides is 1. The first-order valence-electron chi connectivity index (χ1n) is 10.7. The molecule has 2 aromatic heterocycles. The van der Waals surface area contributed by atoms with Crippen LogP contribution in [0.4, 0.5) is 0 Å². The van der Waals surface area contributed by atoms with Crippen molar-refractivity contribution in [1.29, 1.82) is 5.26 Å². The highest BCUT2D eigenvalue weighted by Crippen LogP contribution is 2.39. The van der Waals surface area contributed by atoms with Gasteiger partial charge < -0.3 is 9.47 Å². The molecular formula is C25H24N4OS. The van der Waals surface area contributed by atoms with Crippen LogP contribution in [0.25, 0.3) is 17.1 Å². The van der Waals surface area contributed by atoms with Gasteiger partial charge in [-0.3, -0.25) is 4.79 Å². The van der Waals surface area contributed by atoms with E-state index in [4.69, 9.17) is 4.98 Å². The lowest BCUT2D eigenvalue weighted by Gasteiger charge is -2.25. The molecule has 1 atom stereocenters. The normalized spacial score (nSPS) is 18.5. The third-order valence-corrected chi connectivity index (χ3v) is 7.20. The number of hydrogen-bond donors (Lipinski definition) is 0. The summed E-state index contributed by atoms with van der Waals surface area (Å²) in [4.78, 5) is 19.5. The first kappa shape index (κ1) is 19.9. The van der Waals surface area contributed by atoms with Crippen molar-refractivity contribution in [3.8, 4) is 6.07 Å². The van der Waals surface area contributed by atoms with Gasteiger partial charge in [-0.25, -0.2) is 4.98 Å². The van der Waals surface area contributed by atoms with Crippen LogP contribution in [-0.4, -0.2) is 45.0 Å². The smallest absolute Gasteiger partial charge is 0.246 e. The van der Waals surface area contributed by atoms with Gasteiger partial charge in [0, 0.05) is 41.8 Å². The topological polar surface area (TPSA) is 61.9 Å². The maximum absolute atomic E-state index is 12.8. The molecule has 1 aromatic carbocycles. The first-order valence-corrected chi connectivity index (χ1v) is 11.9. The highest BCUT2D eigenvalue weighted by molar-refractivity contribution is 7.99. The number of benzene rings is 1. The summed E-state index contributed by atoms with van der Waals surface area (Å²) in [5.74, 6) is 1.97. The van der Waals surface area contributed by atoms with Gasteiger partial charge in [-0.2, -0.15) is 17.0 Å². The van der Waals surface area contributed by atoms with Gasteiger partial charge in [-0.15, -0.1) is 0 Å². The highest BCUT2D eigenvalue weighted by atomic mass is 32.2. The SMILES string of the molecule is Cc1ccc2c(C#N)c(/C=C/C(=O)N3CCSCC3)n(C3CCc4ccccc43)c2n1. The number of carbonyl (C=O) groups excluding carboxylic acids is 1. The predicted octanol–water partition coefficient (Wildman–Crippen LogP) is 4.34. The third-order valence-electron chi connectivity index (χ3n) is 6.26. The maximum Gasteiger partial charge on any atom is 0.246 e. The maximum atomic E-state index is 12.8. The molecule has 6 heteroatoms. The van der Waals surface area contributed by atoms with Crippen LogP contribution in [0.3, 0.4) is 0 Å². The van der Waals surface area contributed by atoms with Crippen LogP contribution >= 0.6 is 11.8 Å². The van der Waals surface area contributed by atoms with E-state index in [2.05, 4.69) is 34.9 Å². The summed E-state index contributed by atoms with van der Waals surface area (Å²) in [7, 11) is 0. The van der Waals surface area contributed by atoms with E-state index >= 15 is 0 Å². The van der Waals surface area contributed by atoms with Crippen molar-refractivity contribution in [1.82, 2.24) is 14.5 Å². The number of hydrogen-bond acceptors (Lipinski definition) is 4. The fourth-order valence-corrected chi connectivity index (χ4v) is 5.64. The predicted molar refractivity (Wildman–Crippen MR) is 125 cm³/mol. The standard InChI is InChI=1S/C25H24N4OS/c1-17-6-8-20-21(16-26)23(10-11-24(30)28-12-14-31-15-13-28)29(25(20)27-17)22-9-7-18-4-2-3-5-19(18)22/h2-6,8,10-11,22H,7,9,12-15H2,1H3/b11-10+. The van der Waals surface area contributed by atoms with E-state index in [1.165, 1.54) is 11.1 Å². The molecule has 2 aliphatic rings. The molecule has 0 bridgehead atoms. The van der Waals surface area contributed by atoms with Gasteiger partial charge in [0.25, 0.3) is 0 Å². The molecule has 1 aliphatic heterocycles. The fourth-order valence-electron chi connectivity index (χ4n) is 4.73. The number of rotatable bonds is 3. The number of aryl methyl sites for hydroxylation is 2. The molecule has 1 amide bonds. The van der Waals surface area contributed by atoms with E-state index in [1.54, 1.807) is 6.08 Å². The fraction of sp³-hybridized carbons (Fsp3) is 0.320. The number of nitrogens with zero attached hydrogens (tertiary/aromatic N) is 4. The average Bonchev–Trinajstić information content (AvgIpc) is 3.35. The van der Waals surface area contributed by atoms with E-state index in [0.29, 0.717) is 5.56 Å². The first-order chi connectivity index (χ1) is 15.2. The minimum atomic E-state index is 0.0111. The summed E-state index contributed by atoms with van der Waals surface area (Å²) < 4.78 is 2.18. The molecule has 31 heavy (non-hydrogen) atoms. The lowest BCUT2D eigenvalue weighted by atomic mass is 10.1. The van der Waals surface area contributed by atoms with Crippen molar-refractivity contribution in [2.24, 2.45) is 0 Å². The van der Waals surface area contributed by atoms with E-state index in [0.717, 1.165) is 59.9 Å². The zero-order chi connectivity index (χ0) is 21.4. The largest absolute Gasteiger partial charge is 0.338 e. The Balaban J connectivity index is 1.65. The molecule has 1 fully saturated rings. The second-order valence-corrected chi connectivity index (χ2v) is 9.31. The summed E-state index contributed by atoms with van der Waals surface area (Å²) in [5.41, 5.74) is 5.72. The van der Waals surface area contributed by atoms with Gasteiger partial charge in [0.15, 0.2) is 0 Å². The van der Waals surface area contributed by atoms with Crippen molar-refractivity contribution >= 4 is 34.8 Å². The molecule has 1 aliphatic carbocycles. The summed E-state index contributed by atoms with van der Waals surface area (Å²) in [6, 6.07) is 14.9. The van der Waals surface area contributed by atoms with Crippen LogP contribution in [0.2, 0.25) is 0 Å². The monoisotopic (exact) mass is 428 g/mol. The quantitative estimate of drug-likeness (QED) is 0.582. The van der Waals surface area contributed by atoms with E-state index in [9.17, 15) is 10.1 Å². The van der Waals surface area contributed by atoms with Gasteiger partial charge >= 0.3 is 0 Å². The summed E-state index contributed by atoms with van der Waals surface area (Å²) in [6.45, 7) is 3.52. The second kappa shape index (κ2) is 8.24. The Morgan fingerprint density at radius 2 is 2.03 bits per heavy atom. The van der Waals surface area contributed by atoms with Gasteiger partial charge in [0.2, 0.25) is 5.91 Å². The summed E-state index contributed by atoms with van der Waals surface area (Å²) >= 11 is 1.88. The highest BCUT2D eigenvalue weighted by Gasteiger charge is 2.29. The van der Waals surface area contributed by atoms with Crippen LogP contribution in [0, 0.1) is 18.3 Å². The molecule has 0 radical (unpaired) electrons. The van der Waals surface area contributed by atoms with Crippen LogP contribution in [-0.2, 0) is 11.2 Å². The molecule has 5 nitrogen and oxygen atoms in total. The van der Waals surface area contributed by atoms with Crippen molar-refractivity contribution in [3.05, 3.63) is 70.6 Å². The zero-order valence-electron chi connectivity index (χ0n) is 17.5. The third kappa shape index (κ3) is 3.53. The van der Waals surface area contributed by atoms with Crippen LogP contribution in [0.5, 0.6) is 0 Å². The second-order valence-electron chi connectivity index (χ2n) is 8.09. The molecular weight excluding hydrogens is 404 g/mol. The lowest BCUT2D eigenvalue weighted by Crippen LogP contribution is -2.36. The van der Waals surface area contributed by atoms with Gasteiger partial charge in [-0.1, -0.05) is 24.3 Å². The minimum Gasteiger partial charge on any atom is -0.338 e. The molecule has 3 heterocycles. The number of carbonyl (C=O) groups is 1. The Morgan fingerprint density at radius 3 is 2.84 bits per heavy atom. The van der Waals surface area contributed by atoms with Crippen LogP contribution in [0.1, 0.15) is 40.5 Å². The van der Waals surface area contributed by atoms with Crippen molar-refractivity contribution in [3.63, 3.8) is 0 Å². The average molecular weight is 429 g/mol. The Hall–Kier alpha value is -3.04. The van der Waals surface area contributed by atoms with E-state index in [-0.39, 0.29) is 11.9 Å². The van der Waals surface area contributed by atoms with Gasteiger partial charge in [0.05, 0.1) is 17.3 Å². The van der Waals surface area contributed by atoms with Crippen molar-refractivity contribution in [2.75, 3.05) is 24.6 Å². The number of aromatic nitrogens is 2. The Labute approximate surface area is 186 Å². The van der Waals surface area contributed by atoms with Crippen LogP contribution < -0.4 is 0 Å². The van der Waals surface area contributed by atoms with E-state index < -0.39 is 0 Å². The molecule has 3 aromatic rings. The molecule has 1 unspecified atom stereocenters. The summed E-state index contributed by atoms with van der Waals surface area (Å²) in [5, 5.41) is 10.9. The lowest BCUT2D eigenvalue weighted by molar-refractivity contribution is -0.125. The van der Waals surface area contributed by atoms with Crippen LogP contribution in [0.15, 0.2) is 42.5 Å². The van der Waals surface area contributed by atoms with Gasteiger partial charge in [-0.05, 0) is 49.1 Å². The molecule has 156 valence electrons. The number of fused-ring (bicyclic) bond motifs is 2. The molecule has 5 rings (SSSR count). The Kier molecular flexibility index (Phi) is 5.29. The molecule has 1 saturated heterocycles. The number of thioether (sulfide) groups is 1. The minimum absolute atomic E-state index is 0.0111. The molecule has 0 spiro atoms. The molecule has 0 N–H and O–H groups in total. The Bertz CT molecular complexity index is 1230. The molecule has 0 saturated carbocycles. The van der Waals surface area contributed by atoms with Crippen molar-refractivity contribution in [2.45, 2.75) is 25.8 Å². The Morgan fingerprint density at radius 1 is 1.23 bits per heavy atom. The number of nitriles is 1.